The lowest BCUT2D eigenvalue weighted by Gasteiger charge is -2.10. The van der Waals surface area contributed by atoms with Crippen molar-refractivity contribution >= 4 is 0 Å². The Bertz CT molecular complexity index is 708. The van der Waals surface area contributed by atoms with Crippen molar-refractivity contribution in [1.82, 2.24) is 25.0 Å². The molecule has 7 nitrogen and oxygen atoms in total. The molecule has 0 atom stereocenters. The SMILES string of the molecule is CC(C)c1cn(Cc2[nH]c(=O)[nH]c(=O)c2C(C)C)nn1. The number of H-pyrrole nitrogens is 2. The smallest absolute Gasteiger partial charge is 0.309 e. The van der Waals surface area contributed by atoms with Crippen LogP contribution in [0.5, 0.6) is 0 Å². The Kier molecular flexibility index (Phi) is 3.87. The Hall–Kier alpha value is -2.18. The Morgan fingerprint density at radius 2 is 1.85 bits per heavy atom. The minimum Gasteiger partial charge on any atom is -0.309 e. The van der Waals surface area contributed by atoms with Crippen molar-refractivity contribution in [2.45, 2.75) is 46.1 Å². The fraction of sp³-hybridized carbons (Fsp3) is 0.538. The molecule has 0 fully saturated rings. The van der Waals surface area contributed by atoms with Crippen LogP contribution in [0, 0.1) is 0 Å². The zero-order chi connectivity index (χ0) is 14.9. The molecule has 2 aromatic heterocycles. The number of aromatic amines is 2. The molecule has 0 bridgehead atoms. The third-order valence-electron chi connectivity index (χ3n) is 3.11. The van der Waals surface area contributed by atoms with E-state index in [9.17, 15) is 9.59 Å². The molecule has 20 heavy (non-hydrogen) atoms. The number of hydrogen-bond donors (Lipinski definition) is 2. The van der Waals surface area contributed by atoms with E-state index in [1.807, 2.05) is 33.9 Å². The zero-order valence-electron chi connectivity index (χ0n) is 12.1. The highest BCUT2D eigenvalue weighted by Crippen LogP contribution is 2.14. The van der Waals surface area contributed by atoms with Gasteiger partial charge in [0.2, 0.25) is 0 Å². The summed E-state index contributed by atoms with van der Waals surface area (Å²) in [7, 11) is 0. The quantitative estimate of drug-likeness (QED) is 0.869. The van der Waals surface area contributed by atoms with Crippen molar-refractivity contribution in [1.29, 1.82) is 0 Å². The highest BCUT2D eigenvalue weighted by atomic mass is 16.2. The van der Waals surface area contributed by atoms with E-state index in [0.717, 1.165) is 5.69 Å². The van der Waals surface area contributed by atoms with Crippen LogP contribution in [0.4, 0.5) is 0 Å². The van der Waals surface area contributed by atoms with Gasteiger partial charge in [-0.3, -0.25) is 9.78 Å². The normalized spacial score (nSPS) is 11.5. The fourth-order valence-corrected chi connectivity index (χ4v) is 2.10. The molecule has 0 aliphatic rings. The van der Waals surface area contributed by atoms with Crippen molar-refractivity contribution in [2.24, 2.45) is 0 Å². The lowest BCUT2D eigenvalue weighted by Crippen LogP contribution is -2.29. The maximum Gasteiger partial charge on any atom is 0.325 e. The van der Waals surface area contributed by atoms with Gasteiger partial charge in [0.05, 0.1) is 17.9 Å². The Labute approximate surface area is 116 Å². The number of hydrogen-bond acceptors (Lipinski definition) is 4. The van der Waals surface area contributed by atoms with Crippen LogP contribution in [-0.4, -0.2) is 25.0 Å². The topological polar surface area (TPSA) is 96.4 Å². The van der Waals surface area contributed by atoms with Crippen molar-refractivity contribution in [3.63, 3.8) is 0 Å². The molecule has 0 amide bonds. The number of nitrogens with one attached hydrogen (secondary N) is 2. The van der Waals surface area contributed by atoms with Crippen molar-refractivity contribution in [2.75, 3.05) is 0 Å². The lowest BCUT2D eigenvalue weighted by molar-refractivity contribution is 0.620. The van der Waals surface area contributed by atoms with Gasteiger partial charge in [-0.15, -0.1) is 5.10 Å². The minimum absolute atomic E-state index is 0.0127. The molecular weight excluding hydrogens is 258 g/mol. The van der Waals surface area contributed by atoms with Crippen molar-refractivity contribution in [3.8, 4) is 0 Å². The van der Waals surface area contributed by atoms with E-state index >= 15 is 0 Å². The van der Waals surface area contributed by atoms with Crippen molar-refractivity contribution < 1.29 is 0 Å². The Morgan fingerprint density at radius 3 is 2.40 bits per heavy atom. The molecule has 0 aliphatic heterocycles. The molecule has 0 aliphatic carbocycles. The van der Waals surface area contributed by atoms with Gasteiger partial charge in [0.15, 0.2) is 0 Å². The number of nitrogens with zero attached hydrogens (tertiary/aromatic N) is 3. The van der Waals surface area contributed by atoms with Crippen LogP contribution < -0.4 is 11.2 Å². The van der Waals surface area contributed by atoms with Gasteiger partial charge in [-0.1, -0.05) is 32.9 Å². The summed E-state index contributed by atoms with van der Waals surface area (Å²) in [5.74, 6) is 0.297. The van der Waals surface area contributed by atoms with E-state index < -0.39 is 5.69 Å². The monoisotopic (exact) mass is 277 g/mol. The summed E-state index contributed by atoms with van der Waals surface area (Å²) < 4.78 is 1.63. The van der Waals surface area contributed by atoms with Gasteiger partial charge in [0.25, 0.3) is 5.56 Å². The van der Waals surface area contributed by atoms with Gasteiger partial charge < -0.3 is 4.98 Å². The first-order valence-corrected chi connectivity index (χ1v) is 6.64. The third-order valence-corrected chi connectivity index (χ3v) is 3.11. The molecule has 0 spiro atoms. The number of rotatable bonds is 4. The summed E-state index contributed by atoms with van der Waals surface area (Å²) in [6.45, 7) is 8.21. The van der Waals surface area contributed by atoms with Gasteiger partial charge in [0, 0.05) is 11.8 Å². The predicted octanol–water partition coefficient (Wildman–Crippen LogP) is 0.950. The third kappa shape index (κ3) is 2.87. The van der Waals surface area contributed by atoms with Crippen LogP contribution in [0.2, 0.25) is 0 Å². The molecule has 7 heteroatoms. The molecule has 2 N–H and O–H groups in total. The van der Waals surface area contributed by atoms with Crippen molar-refractivity contribution in [3.05, 3.63) is 44.0 Å². The lowest BCUT2D eigenvalue weighted by atomic mass is 10.0. The van der Waals surface area contributed by atoms with Crippen LogP contribution in [0.15, 0.2) is 15.8 Å². The Balaban J connectivity index is 2.42. The highest BCUT2D eigenvalue weighted by molar-refractivity contribution is 5.20. The van der Waals surface area contributed by atoms with Crippen LogP contribution >= 0.6 is 0 Å². The molecule has 0 radical (unpaired) electrons. The molecule has 2 rings (SSSR count). The predicted molar refractivity (Wildman–Crippen MR) is 75.0 cm³/mol. The second-order valence-corrected chi connectivity index (χ2v) is 5.45. The van der Waals surface area contributed by atoms with E-state index in [1.54, 1.807) is 4.68 Å². The largest absolute Gasteiger partial charge is 0.325 e. The number of aromatic nitrogens is 5. The maximum absolute atomic E-state index is 11.9. The van der Waals surface area contributed by atoms with Gasteiger partial charge in [-0.05, 0) is 11.8 Å². The van der Waals surface area contributed by atoms with Crippen LogP contribution in [0.25, 0.3) is 0 Å². The molecule has 0 saturated heterocycles. The van der Waals surface area contributed by atoms with Gasteiger partial charge in [-0.2, -0.15) is 0 Å². The second-order valence-electron chi connectivity index (χ2n) is 5.45. The van der Waals surface area contributed by atoms with E-state index in [2.05, 4.69) is 20.3 Å². The first-order chi connectivity index (χ1) is 9.38. The van der Waals surface area contributed by atoms with Crippen LogP contribution in [0.1, 0.15) is 56.5 Å². The zero-order valence-corrected chi connectivity index (χ0v) is 12.1. The first kappa shape index (κ1) is 14.2. The minimum atomic E-state index is -0.501. The summed E-state index contributed by atoms with van der Waals surface area (Å²) >= 11 is 0. The maximum atomic E-state index is 11.9. The molecule has 0 saturated carbocycles. The standard InChI is InChI=1S/C13H19N5O2/c1-7(2)9-5-18(17-16-9)6-10-11(8(3)4)12(19)15-13(20)14-10/h5,7-8H,6H2,1-4H3,(H2,14,15,19,20). The van der Waals surface area contributed by atoms with E-state index in [4.69, 9.17) is 0 Å². The molecule has 0 aromatic carbocycles. The van der Waals surface area contributed by atoms with Gasteiger partial charge in [0.1, 0.15) is 0 Å². The Morgan fingerprint density at radius 1 is 1.15 bits per heavy atom. The average Bonchev–Trinajstić information content (AvgIpc) is 2.75. The molecule has 2 heterocycles. The average molecular weight is 277 g/mol. The van der Waals surface area contributed by atoms with Gasteiger partial charge in [-0.25, -0.2) is 9.48 Å². The molecule has 0 unspecified atom stereocenters. The molecule has 108 valence electrons. The summed E-state index contributed by atoms with van der Waals surface area (Å²) in [4.78, 5) is 28.3. The van der Waals surface area contributed by atoms with Crippen LogP contribution in [-0.2, 0) is 6.54 Å². The molecule has 2 aromatic rings. The highest BCUT2D eigenvalue weighted by Gasteiger charge is 2.14. The summed E-state index contributed by atoms with van der Waals surface area (Å²) in [6, 6.07) is 0. The fourth-order valence-electron chi connectivity index (χ4n) is 2.10. The summed E-state index contributed by atoms with van der Waals surface area (Å²) in [5.41, 5.74) is 1.19. The van der Waals surface area contributed by atoms with E-state index in [0.29, 0.717) is 17.8 Å². The first-order valence-electron chi connectivity index (χ1n) is 6.64. The van der Waals surface area contributed by atoms with Crippen LogP contribution in [0.3, 0.4) is 0 Å². The summed E-state index contributed by atoms with van der Waals surface area (Å²) in [6.07, 6.45) is 1.83. The second kappa shape index (κ2) is 5.44. The van der Waals surface area contributed by atoms with E-state index in [1.165, 1.54) is 0 Å². The van der Waals surface area contributed by atoms with E-state index in [-0.39, 0.29) is 17.4 Å². The van der Waals surface area contributed by atoms with Gasteiger partial charge >= 0.3 is 5.69 Å². The summed E-state index contributed by atoms with van der Waals surface area (Å²) in [5, 5.41) is 8.09. The molecular formula is C13H19N5O2.